The molecule has 2 heterocycles. The zero-order valence-corrected chi connectivity index (χ0v) is 25.5. The third-order valence-corrected chi connectivity index (χ3v) is 8.09. The monoisotopic (exact) mass is 631 g/mol. The summed E-state index contributed by atoms with van der Waals surface area (Å²) in [7, 11) is 0. The maximum Gasteiger partial charge on any atom is 0.320 e. The van der Waals surface area contributed by atoms with Gasteiger partial charge in [0.1, 0.15) is 5.82 Å². The van der Waals surface area contributed by atoms with Crippen LogP contribution in [0.1, 0.15) is 40.4 Å². The SMILES string of the molecule is O=C(O)CC(NC(=O)c1ccc(N2CCCN(C(=O)N3CCOCC3)CC2)c(NC(=O)Cc2ccccc2)c1)c1ccc(F)cc1. The maximum atomic E-state index is 13.5. The van der Waals surface area contributed by atoms with Crippen LogP contribution in [0, 0.1) is 5.82 Å². The molecule has 0 bridgehead atoms. The fourth-order valence-electron chi connectivity index (χ4n) is 5.70. The third kappa shape index (κ3) is 8.60. The number of amides is 4. The highest BCUT2D eigenvalue weighted by molar-refractivity contribution is 6.00. The maximum absolute atomic E-state index is 13.5. The highest BCUT2D eigenvalue weighted by Crippen LogP contribution is 2.30. The minimum absolute atomic E-state index is 0.00868. The summed E-state index contributed by atoms with van der Waals surface area (Å²) in [6.45, 7) is 4.42. The van der Waals surface area contributed by atoms with Gasteiger partial charge in [-0.25, -0.2) is 9.18 Å². The molecule has 242 valence electrons. The van der Waals surface area contributed by atoms with Crippen molar-refractivity contribution >= 4 is 35.2 Å². The second-order valence-electron chi connectivity index (χ2n) is 11.3. The van der Waals surface area contributed by atoms with Gasteiger partial charge in [-0.1, -0.05) is 42.5 Å². The summed E-state index contributed by atoms with van der Waals surface area (Å²) in [6, 6.07) is 18.7. The molecule has 0 aliphatic carbocycles. The first-order valence-electron chi connectivity index (χ1n) is 15.4. The van der Waals surface area contributed by atoms with Gasteiger partial charge in [-0.2, -0.15) is 0 Å². The zero-order valence-electron chi connectivity index (χ0n) is 25.5. The Morgan fingerprint density at radius 3 is 2.28 bits per heavy atom. The molecule has 5 rings (SSSR count). The molecular weight excluding hydrogens is 593 g/mol. The number of urea groups is 1. The number of ether oxygens (including phenoxy) is 1. The number of anilines is 2. The van der Waals surface area contributed by atoms with Crippen LogP contribution in [0.4, 0.5) is 20.6 Å². The molecule has 1 atom stereocenters. The van der Waals surface area contributed by atoms with E-state index in [2.05, 4.69) is 15.5 Å². The number of morpholine rings is 1. The molecule has 2 aliphatic rings. The smallest absolute Gasteiger partial charge is 0.320 e. The standard InChI is InChI=1S/C34H38FN5O6/c35-27-10-7-25(8-11-27)28(23-32(42)43)37-33(44)26-9-12-30(29(22-26)36-31(41)21-24-5-2-1-3-6-24)38-13-4-14-39(16-15-38)34(45)40-17-19-46-20-18-40/h1-3,5-12,22,28H,4,13-21,23H2,(H,36,41)(H,37,44)(H,42,43). The Morgan fingerprint density at radius 2 is 1.57 bits per heavy atom. The predicted molar refractivity (Wildman–Crippen MR) is 170 cm³/mol. The topological polar surface area (TPSA) is 132 Å². The Labute approximate surface area is 266 Å². The van der Waals surface area contributed by atoms with E-state index in [1.54, 1.807) is 18.2 Å². The molecule has 4 amide bonds. The van der Waals surface area contributed by atoms with Crippen LogP contribution in [0.15, 0.2) is 72.8 Å². The lowest BCUT2D eigenvalue weighted by Crippen LogP contribution is -2.49. The van der Waals surface area contributed by atoms with E-state index in [1.165, 1.54) is 24.3 Å². The molecule has 0 aromatic heterocycles. The summed E-state index contributed by atoms with van der Waals surface area (Å²) < 4.78 is 18.9. The molecule has 0 spiro atoms. The van der Waals surface area contributed by atoms with Gasteiger partial charge >= 0.3 is 12.0 Å². The normalized spacial score (nSPS) is 15.9. The number of hydrogen-bond donors (Lipinski definition) is 3. The first-order valence-corrected chi connectivity index (χ1v) is 15.4. The largest absolute Gasteiger partial charge is 0.481 e. The molecule has 0 radical (unpaired) electrons. The van der Waals surface area contributed by atoms with Crippen LogP contribution in [0.5, 0.6) is 0 Å². The number of nitrogens with zero attached hydrogens (tertiary/aromatic N) is 3. The van der Waals surface area contributed by atoms with Gasteiger partial charge in [-0.05, 0) is 47.9 Å². The Kier molecular flexibility index (Phi) is 10.8. The zero-order chi connectivity index (χ0) is 32.5. The quantitative estimate of drug-likeness (QED) is 0.326. The van der Waals surface area contributed by atoms with Crippen molar-refractivity contribution in [2.75, 3.05) is 62.7 Å². The fraction of sp³-hybridized carbons (Fsp3) is 0.353. The fourth-order valence-corrected chi connectivity index (χ4v) is 5.70. The van der Waals surface area contributed by atoms with Crippen molar-refractivity contribution in [2.45, 2.75) is 25.3 Å². The highest BCUT2D eigenvalue weighted by atomic mass is 19.1. The lowest BCUT2D eigenvalue weighted by atomic mass is 10.0. The van der Waals surface area contributed by atoms with Crippen LogP contribution in [0.2, 0.25) is 0 Å². The van der Waals surface area contributed by atoms with E-state index in [4.69, 9.17) is 4.74 Å². The van der Waals surface area contributed by atoms with Gasteiger partial charge in [0, 0.05) is 44.8 Å². The lowest BCUT2D eigenvalue weighted by molar-refractivity contribution is -0.137. The second kappa shape index (κ2) is 15.3. The summed E-state index contributed by atoms with van der Waals surface area (Å²) in [5.74, 6) is -2.41. The molecule has 3 aromatic rings. The molecule has 2 saturated heterocycles. The third-order valence-electron chi connectivity index (χ3n) is 8.09. The number of carboxylic acid groups (broad SMARTS) is 1. The summed E-state index contributed by atoms with van der Waals surface area (Å²) >= 11 is 0. The summed E-state index contributed by atoms with van der Waals surface area (Å²) in [6.07, 6.45) is 0.442. The molecule has 11 nitrogen and oxygen atoms in total. The minimum Gasteiger partial charge on any atom is -0.481 e. The summed E-state index contributed by atoms with van der Waals surface area (Å²) in [5.41, 5.74) is 2.64. The van der Waals surface area contributed by atoms with E-state index in [0.29, 0.717) is 75.8 Å². The van der Waals surface area contributed by atoms with Crippen LogP contribution in [-0.4, -0.2) is 91.2 Å². The van der Waals surface area contributed by atoms with Gasteiger partial charge in [-0.3, -0.25) is 14.4 Å². The van der Waals surface area contributed by atoms with Gasteiger partial charge in [0.25, 0.3) is 5.91 Å². The van der Waals surface area contributed by atoms with Crippen molar-refractivity contribution in [2.24, 2.45) is 0 Å². The molecule has 12 heteroatoms. The second-order valence-corrected chi connectivity index (χ2v) is 11.3. The molecular formula is C34H38FN5O6. The van der Waals surface area contributed by atoms with Crippen LogP contribution in [-0.2, 0) is 20.7 Å². The number of nitrogens with one attached hydrogen (secondary N) is 2. The number of halogens is 1. The molecule has 46 heavy (non-hydrogen) atoms. The van der Waals surface area contributed by atoms with E-state index >= 15 is 0 Å². The minimum atomic E-state index is -1.12. The number of carbonyl (C=O) groups is 4. The van der Waals surface area contributed by atoms with Crippen LogP contribution < -0.4 is 15.5 Å². The Balaban J connectivity index is 1.37. The van der Waals surface area contributed by atoms with Crippen molar-refractivity contribution in [1.29, 1.82) is 0 Å². The first-order chi connectivity index (χ1) is 22.3. The number of benzene rings is 3. The van der Waals surface area contributed by atoms with Crippen LogP contribution in [0.3, 0.4) is 0 Å². The van der Waals surface area contributed by atoms with E-state index in [1.807, 2.05) is 40.1 Å². The van der Waals surface area contributed by atoms with Gasteiger partial charge in [0.2, 0.25) is 5.91 Å². The predicted octanol–water partition coefficient (Wildman–Crippen LogP) is 3.92. The summed E-state index contributed by atoms with van der Waals surface area (Å²) in [4.78, 5) is 57.1. The average Bonchev–Trinajstić information content (AvgIpc) is 3.31. The molecule has 2 aliphatic heterocycles. The number of aliphatic carboxylic acids is 1. The van der Waals surface area contributed by atoms with Crippen molar-refractivity contribution in [3.8, 4) is 0 Å². The molecule has 3 N–H and O–H groups in total. The van der Waals surface area contributed by atoms with E-state index in [-0.39, 0.29) is 23.9 Å². The molecule has 0 saturated carbocycles. The van der Waals surface area contributed by atoms with Crippen molar-refractivity contribution < 1.29 is 33.4 Å². The number of carboxylic acids is 1. The highest BCUT2D eigenvalue weighted by Gasteiger charge is 2.27. The van der Waals surface area contributed by atoms with Crippen LogP contribution >= 0.6 is 0 Å². The molecule has 2 fully saturated rings. The Hall–Kier alpha value is -4.97. The Morgan fingerprint density at radius 1 is 0.848 bits per heavy atom. The molecule has 1 unspecified atom stereocenters. The van der Waals surface area contributed by atoms with Crippen molar-refractivity contribution in [3.63, 3.8) is 0 Å². The number of carbonyl (C=O) groups excluding carboxylic acids is 3. The molecule has 3 aromatic carbocycles. The van der Waals surface area contributed by atoms with Gasteiger partial charge in [0.15, 0.2) is 0 Å². The summed E-state index contributed by atoms with van der Waals surface area (Å²) in [5, 5.41) is 15.2. The van der Waals surface area contributed by atoms with E-state index in [9.17, 15) is 28.7 Å². The first kappa shape index (κ1) is 32.4. The average molecular weight is 632 g/mol. The van der Waals surface area contributed by atoms with Crippen molar-refractivity contribution in [3.05, 3.63) is 95.3 Å². The van der Waals surface area contributed by atoms with E-state index in [0.717, 1.165) is 5.56 Å². The number of rotatable bonds is 9. The van der Waals surface area contributed by atoms with E-state index < -0.39 is 30.2 Å². The van der Waals surface area contributed by atoms with Crippen LogP contribution in [0.25, 0.3) is 0 Å². The van der Waals surface area contributed by atoms with Crippen molar-refractivity contribution in [1.82, 2.24) is 15.1 Å². The van der Waals surface area contributed by atoms with Gasteiger partial charge < -0.3 is 35.2 Å². The van der Waals surface area contributed by atoms with Gasteiger partial charge in [0.05, 0.1) is 43.5 Å². The number of hydrogen-bond acceptors (Lipinski definition) is 6. The Bertz CT molecular complexity index is 1530. The van der Waals surface area contributed by atoms with Gasteiger partial charge in [-0.15, -0.1) is 0 Å². The lowest BCUT2D eigenvalue weighted by Gasteiger charge is -2.32.